The first-order valence-corrected chi connectivity index (χ1v) is 10.5. The van der Waals surface area contributed by atoms with E-state index in [2.05, 4.69) is 18.2 Å². The van der Waals surface area contributed by atoms with Gasteiger partial charge < -0.3 is 4.90 Å². The molecule has 0 saturated carbocycles. The zero-order chi connectivity index (χ0) is 21.5. The van der Waals surface area contributed by atoms with Crippen LogP contribution in [0.5, 0.6) is 0 Å². The molecule has 4 aromatic rings. The first kappa shape index (κ1) is 19.2. The quantitative estimate of drug-likeness (QED) is 0.508. The van der Waals surface area contributed by atoms with Crippen molar-refractivity contribution in [3.05, 3.63) is 93.8 Å². The number of hydrogen-bond donors (Lipinski definition) is 0. The number of aryl methyl sites for hydroxylation is 2. The number of fused-ring (bicyclic) bond motifs is 2. The standard InChI is InChI=1S/C26H23N3O2/c1-17-11-12-18(2)22(15-17)25-20-8-4-5-9-21(20)26(31)29(27-25)16-24(30)28-14-13-19-7-3-6-10-23(19)28/h3-12,15H,13-14,16H2,1-2H3. The molecule has 0 atom stereocenters. The number of rotatable bonds is 3. The molecule has 5 rings (SSSR count). The summed E-state index contributed by atoms with van der Waals surface area (Å²) in [4.78, 5) is 28.1. The van der Waals surface area contributed by atoms with E-state index in [1.165, 1.54) is 4.68 Å². The highest BCUT2D eigenvalue weighted by atomic mass is 16.2. The van der Waals surface area contributed by atoms with Gasteiger partial charge >= 0.3 is 0 Å². The van der Waals surface area contributed by atoms with E-state index in [9.17, 15) is 9.59 Å². The Morgan fingerprint density at radius 1 is 0.968 bits per heavy atom. The van der Waals surface area contributed by atoms with Gasteiger partial charge in [0.05, 0.1) is 11.1 Å². The van der Waals surface area contributed by atoms with Crippen LogP contribution < -0.4 is 10.5 Å². The molecule has 0 unspecified atom stereocenters. The van der Waals surface area contributed by atoms with Gasteiger partial charge in [0, 0.05) is 23.2 Å². The second-order valence-corrected chi connectivity index (χ2v) is 8.10. The molecule has 0 spiro atoms. The molecule has 0 bridgehead atoms. The number of nitrogens with zero attached hydrogens (tertiary/aromatic N) is 3. The van der Waals surface area contributed by atoms with Crippen LogP contribution in [0.2, 0.25) is 0 Å². The zero-order valence-electron chi connectivity index (χ0n) is 17.6. The molecule has 1 amide bonds. The third kappa shape index (κ3) is 3.32. The molecule has 154 valence electrons. The fourth-order valence-electron chi connectivity index (χ4n) is 4.34. The van der Waals surface area contributed by atoms with E-state index in [4.69, 9.17) is 5.10 Å². The van der Waals surface area contributed by atoms with Gasteiger partial charge in [-0.3, -0.25) is 9.59 Å². The molecule has 5 nitrogen and oxygen atoms in total. The van der Waals surface area contributed by atoms with E-state index < -0.39 is 0 Å². The van der Waals surface area contributed by atoms with Crippen LogP contribution >= 0.6 is 0 Å². The Morgan fingerprint density at radius 3 is 2.55 bits per heavy atom. The van der Waals surface area contributed by atoms with Crippen molar-refractivity contribution in [3.8, 4) is 11.3 Å². The van der Waals surface area contributed by atoms with Gasteiger partial charge in [-0.25, -0.2) is 4.68 Å². The minimum Gasteiger partial charge on any atom is -0.310 e. The largest absolute Gasteiger partial charge is 0.310 e. The summed E-state index contributed by atoms with van der Waals surface area (Å²) < 4.78 is 1.32. The molecule has 1 aliphatic rings. The maximum Gasteiger partial charge on any atom is 0.275 e. The summed E-state index contributed by atoms with van der Waals surface area (Å²) in [5.41, 5.74) is 5.74. The first-order chi connectivity index (χ1) is 15.0. The lowest BCUT2D eigenvalue weighted by atomic mass is 9.99. The Kier molecular flexibility index (Phi) is 4.66. The molecule has 0 fully saturated rings. The van der Waals surface area contributed by atoms with Crippen molar-refractivity contribution in [2.75, 3.05) is 11.4 Å². The predicted octanol–water partition coefficient (Wildman–Crippen LogP) is 4.27. The van der Waals surface area contributed by atoms with Crippen LogP contribution in [-0.2, 0) is 17.8 Å². The number of amides is 1. The van der Waals surface area contributed by atoms with Crippen LogP contribution in [0.1, 0.15) is 16.7 Å². The normalized spacial score (nSPS) is 12.9. The van der Waals surface area contributed by atoms with Gasteiger partial charge in [-0.15, -0.1) is 0 Å². The summed E-state index contributed by atoms with van der Waals surface area (Å²) in [6.07, 6.45) is 0.829. The van der Waals surface area contributed by atoms with Gasteiger partial charge in [-0.1, -0.05) is 54.1 Å². The summed E-state index contributed by atoms with van der Waals surface area (Å²) in [6.45, 7) is 4.61. The van der Waals surface area contributed by atoms with E-state index in [1.807, 2.05) is 56.3 Å². The van der Waals surface area contributed by atoms with Crippen LogP contribution in [-0.4, -0.2) is 22.2 Å². The zero-order valence-corrected chi connectivity index (χ0v) is 17.6. The second-order valence-electron chi connectivity index (χ2n) is 8.10. The maximum atomic E-state index is 13.2. The first-order valence-electron chi connectivity index (χ1n) is 10.5. The maximum absolute atomic E-state index is 13.2. The second kappa shape index (κ2) is 7.51. The van der Waals surface area contributed by atoms with Gasteiger partial charge in [0.2, 0.25) is 5.91 Å². The highest BCUT2D eigenvalue weighted by Crippen LogP contribution is 2.29. The molecule has 5 heteroatoms. The van der Waals surface area contributed by atoms with E-state index in [1.54, 1.807) is 11.0 Å². The molecule has 0 aliphatic carbocycles. The Morgan fingerprint density at radius 2 is 1.71 bits per heavy atom. The lowest BCUT2D eigenvalue weighted by Gasteiger charge is -2.18. The number of aromatic nitrogens is 2. The molecule has 1 aliphatic heterocycles. The highest BCUT2D eigenvalue weighted by Gasteiger charge is 2.25. The minimum absolute atomic E-state index is 0.0874. The van der Waals surface area contributed by atoms with Crippen LogP contribution in [0.25, 0.3) is 22.0 Å². The molecule has 0 N–H and O–H groups in total. The highest BCUT2D eigenvalue weighted by molar-refractivity contribution is 5.97. The SMILES string of the molecule is Cc1ccc(C)c(-c2nn(CC(=O)N3CCc4ccccc43)c(=O)c3ccccc23)c1. The van der Waals surface area contributed by atoms with Gasteiger partial charge in [0.1, 0.15) is 6.54 Å². The van der Waals surface area contributed by atoms with Crippen LogP contribution in [0.15, 0.2) is 71.5 Å². The van der Waals surface area contributed by atoms with Crippen molar-refractivity contribution in [3.63, 3.8) is 0 Å². The number of hydrogen-bond acceptors (Lipinski definition) is 3. The summed E-state index contributed by atoms with van der Waals surface area (Å²) in [5.74, 6) is -0.123. The summed E-state index contributed by atoms with van der Waals surface area (Å²) in [5, 5.41) is 6.07. The van der Waals surface area contributed by atoms with Crippen molar-refractivity contribution < 1.29 is 4.79 Å². The van der Waals surface area contributed by atoms with Crippen LogP contribution in [0.4, 0.5) is 5.69 Å². The Bertz CT molecular complexity index is 1390. The number of benzene rings is 3. The van der Waals surface area contributed by atoms with Crippen molar-refractivity contribution in [2.24, 2.45) is 0 Å². The van der Waals surface area contributed by atoms with Crippen molar-refractivity contribution in [1.29, 1.82) is 0 Å². The van der Waals surface area contributed by atoms with Crippen molar-refractivity contribution in [1.82, 2.24) is 9.78 Å². The van der Waals surface area contributed by atoms with E-state index in [0.717, 1.165) is 45.4 Å². The van der Waals surface area contributed by atoms with Gasteiger partial charge in [0.15, 0.2) is 0 Å². The minimum atomic E-state index is -0.245. The molecule has 31 heavy (non-hydrogen) atoms. The van der Waals surface area contributed by atoms with Crippen LogP contribution in [0, 0.1) is 13.8 Å². The number of carbonyl (C=O) groups excluding carboxylic acids is 1. The third-order valence-electron chi connectivity index (χ3n) is 5.99. The smallest absolute Gasteiger partial charge is 0.275 e. The van der Waals surface area contributed by atoms with Gasteiger partial charge in [0.25, 0.3) is 5.56 Å². The van der Waals surface area contributed by atoms with Crippen molar-refractivity contribution >= 4 is 22.4 Å². The van der Waals surface area contributed by atoms with E-state index in [0.29, 0.717) is 11.9 Å². The number of carbonyl (C=O) groups is 1. The molecule has 2 heterocycles. The summed E-state index contributed by atoms with van der Waals surface area (Å²) in [7, 11) is 0. The Labute approximate surface area is 180 Å². The van der Waals surface area contributed by atoms with Crippen LogP contribution in [0.3, 0.4) is 0 Å². The van der Waals surface area contributed by atoms with E-state index >= 15 is 0 Å². The lowest BCUT2D eigenvalue weighted by Crippen LogP contribution is -2.36. The molecular weight excluding hydrogens is 386 g/mol. The van der Waals surface area contributed by atoms with Gasteiger partial charge in [-0.05, 0) is 49.6 Å². The average Bonchev–Trinajstić information content (AvgIpc) is 3.22. The fraction of sp³-hybridized carbons (Fsp3) is 0.192. The number of para-hydroxylation sites is 1. The predicted molar refractivity (Wildman–Crippen MR) is 123 cm³/mol. The summed E-state index contributed by atoms with van der Waals surface area (Å²) in [6, 6.07) is 21.6. The molecule has 3 aromatic carbocycles. The van der Waals surface area contributed by atoms with Gasteiger partial charge in [-0.2, -0.15) is 5.10 Å². The Hall–Kier alpha value is -3.73. The summed E-state index contributed by atoms with van der Waals surface area (Å²) >= 11 is 0. The topological polar surface area (TPSA) is 55.2 Å². The fourth-order valence-corrected chi connectivity index (χ4v) is 4.34. The molecule has 0 radical (unpaired) electrons. The molecular formula is C26H23N3O2. The average molecular weight is 409 g/mol. The number of anilines is 1. The molecule has 0 saturated heterocycles. The monoisotopic (exact) mass is 409 g/mol. The van der Waals surface area contributed by atoms with Crippen molar-refractivity contribution in [2.45, 2.75) is 26.8 Å². The third-order valence-corrected chi connectivity index (χ3v) is 5.99. The Balaban J connectivity index is 1.62. The molecule has 1 aromatic heterocycles. The lowest BCUT2D eigenvalue weighted by molar-refractivity contribution is -0.119. The van der Waals surface area contributed by atoms with E-state index in [-0.39, 0.29) is 18.0 Å².